The lowest BCUT2D eigenvalue weighted by molar-refractivity contribution is 0.0999. The fraction of sp³-hybridized carbons (Fsp3) is 0.188. The number of nitrogens with one attached hydrogen (secondary N) is 1. The van der Waals surface area contributed by atoms with Crippen LogP contribution in [-0.2, 0) is 13.1 Å². The number of benzene rings is 2. The third-order valence-electron chi connectivity index (χ3n) is 3.11. The van der Waals surface area contributed by atoms with Crippen molar-refractivity contribution < 1.29 is 9.53 Å². The van der Waals surface area contributed by atoms with Gasteiger partial charge in [0.15, 0.2) is 0 Å². The second kappa shape index (κ2) is 6.73. The maximum atomic E-state index is 11.3. The topological polar surface area (TPSA) is 64.3 Å². The lowest BCUT2D eigenvalue weighted by atomic mass is 10.1. The minimum atomic E-state index is -0.403. The Morgan fingerprint density at radius 3 is 2.35 bits per heavy atom. The number of hydrogen-bond acceptors (Lipinski definition) is 3. The van der Waals surface area contributed by atoms with E-state index < -0.39 is 5.91 Å². The Morgan fingerprint density at radius 2 is 1.65 bits per heavy atom. The fourth-order valence-corrected chi connectivity index (χ4v) is 2.10. The number of para-hydroxylation sites is 1. The molecule has 2 rings (SSSR count). The molecule has 0 spiro atoms. The van der Waals surface area contributed by atoms with Gasteiger partial charge >= 0.3 is 0 Å². The smallest absolute Gasteiger partial charge is 0.249 e. The molecule has 20 heavy (non-hydrogen) atoms. The predicted molar refractivity (Wildman–Crippen MR) is 78.5 cm³/mol. The molecule has 3 N–H and O–H groups in total. The van der Waals surface area contributed by atoms with Gasteiger partial charge in [0.2, 0.25) is 5.91 Å². The van der Waals surface area contributed by atoms with E-state index in [1.807, 2.05) is 42.5 Å². The highest BCUT2D eigenvalue weighted by Gasteiger charge is 2.07. The Balaban J connectivity index is 2.01. The molecule has 0 heterocycles. The van der Waals surface area contributed by atoms with Crippen molar-refractivity contribution in [2.45, 2.75) is 13.1 Å². The van der Waals surface area contributed by atoms with Gasteiger partial charge in [-0.05, 0) is 17.7 Å². The Labute approximate surface area is 118 Å². The van der Waals surface area contributed by atoms with Crippen LogP contribution in [0.2, 0.25) is 0 Å². The minimum Gasteiger partial charge on any atom is -0.496 e. The average Bonchev–Trinajstić information content (AvgIpc) is 2.48. The van der Waals surface area contributed by atoms with E-state index in [0.29, 0.717) is 18.7 Å². The van der Waals surface area contributed by atoms with E-state index >= 15 is 0 Å². The summed E-state index contributed by atoms with van der Waals surface area (Å²) in [7, 11) is 1.65. The van der Waals surface area contributed by atoms with E-state index in [9.17, 15) is 4.79 Å². The summed E-state index contributed by atoms with van der Waals surface area (Å²) in [5.41, 5.74) is 7.89. The highest BCUT2D eigenvalue weighted by atomic mass is 16.5. The molecule has 0 saturated heterocycles. The summed E-state index contributed by atoms with van der Waals surface area (Å²) in [6, 6.07) is 15.2. The minimum absolute atomic E-state index is 0.403. The van der Waals surface area contributed by atoms with Gasteiger partial charge in [0, 0.05) is 24.2 Å². The molecule has 0 aliphatic carbocycles. The summed E-state index contributed by atoms with van der Waals surface area (Å²) in [6.45, 7) is 1.24. The number of methoxy groups -OCH3 is 1. The van der Waals surface area contributed by atoms with Crippen molar-refractivity contribution in [3.63, 3.8) is 0 Å². The van der Waals surface area contributed by atoms with Crippen LogP contribution in [0, 0.1) is 0 Å². The molecule has 2 aromatic carbocycles. The van der Waals surface area contributed by atoms with E-state index in [0.717, 1.165) is 16.9 Å². The number of carbonyl (C=O) groups excluding carboxylic acids is 1. The molecule has 1 amide bonds. The average molecular weight is 270 g/mol. The van der Waals surface area contributed by atoms with Crippen LogP contribution in [0.1, 0.15) is 21.5 Å². The maximum Gasteiger partial charge on any atom is 0.249 e. The second-order valence-electron chi connectivity index (χ2n) is 4.44. The Kier molecular flexibility index (Phi) is 4.74. The highest BCUT2D eigenvalue weighted by molar-refractivity contribution is 5.94. The van der Waals surface area contributed by atoms with Crippen LogP contribution in [0.15, 0.2) is 48.5 Å². The first-order chi connectivity index (χ1) is 9.72. The molecule has 0 aliphatic rings. The number of primary amides is 1. The van der Waals surface area contributed by atoms with Gasteiger partial charge in [0.05, 0.1) is 7.11 Å². The summed E-state index contributed by atoms with van der Waals surface area (Å²) < 4.78 is 5.30. The van der Waals surface area contributed by atoms with Crippen LogP contribution < -0.4 is 15.8 Å². The van der Waals surface area contributed by atoms with Crippen LogP contribution in [0.5, 0.6) is 5.75 Å². The van der Waals surface area contributed by atoms with Gasteiger partial charge in [-0.25, -0.2) is 0 Å². The maximum absolute atomic E-state index is 11.3. The summed E-state index contributed by atoms with van der Waals surface area (Å²) in [6.07, 6.45) is 0. The summed E-state index contributed by atoms with van der Waals surface area (Å²) >= 11 is 0. The normalized spacial score (nSPS) is 10.2. The van der Waals surface area contributed by atoms with E-state index in [1.54, 1.807) is 13.2 Å². The van der Waals surface area contributed by atoms with Crippen molar-refractivity contribution in [1.82, 2.24) is 5.32 Å². The zero-order valence-corrected chi connectivity index (χ0v) is 11.4. The molecule has 0 atom stereocenters. The number of ether oxygens (including phenoxy) is 1. The first kappa shape index (κ1) is 14.1. The van der Waals surface area contributed by atoms with Crippen molar-refractivity contribution in [2.75, 3.05) is 7.11 Å². The van der Waals surface area contributed by atoms with Gasteiger partial charge in [-0.1, -0.05) is 36.4 Å². The van der Waals surface area contributed by atoms with E-state index in [-0.39, 0.29) is 0 Å². The molecule has 2 aromatic rings. The quantitative estimate of drug-likeness (QED) is 0.844. The largest absolute Gasteiger partial charge is 0.496 e. The predicted octanol–water partition coefficient (Wildman–Crippen LogP) is 2.08. The standard InChI is InChI=1S/C16H18N2O2/c1-20-15-9-5-3-7-13(15)11-18-10-12-6-2-4-8-14(12)16(17)19/h2-9,18H,10-11H2,1H3,(H2,17,19). The van der Waals surface area contributed by atoms with Crippen molar-refractivity contribution in [3.8, 4) is 5.75 Å². The molecule has 0 radical (unpaired) electrons. The third-order valence-corrected chi connectivity index (χ3v) is 3.11. The Morgan fingerprint density at radius 1 is 1.05 bits per heavy atom. The molecule has 0 unspecified atom stereocenters. The Hall–Kier alpha value is -2.33. The molecule has 4 heteroatoms. The summed E-state index contributed by atoms with van der Waals surface area (Å²) in [5, 5.41) is 3.30. The first-order valence-corrected chi connectivity index (χ1v) is 6.42. The second-order valence-corrected chi connectivity index (χ2v) is 4.44. The van der Waals surface area contributed by atoms with E-state index in [2.05, 4.69) is 5.32 Å². The van der Waals surface area contributed by atoms with Crippen LogP contribution >= 0.6 is 0 Å². The van der Waals surface area contributed by atoms with Gasteiger partial charge in [0.1, 0.15) is 5.75 Å². The highest BCUT2D eigenvalue weighted by Crippen LogP contribution is 2.17. The van der Waals surface area contributed by atoms with Crippen LogP contribution in [0.25, 0.3) is 0 Å². The van der Waals surface area contributed by atoms with Crippen molar-refractivity contribution in [1.29, 1.82) is 0 Å². The number of nitrogens with two attached hydrogens (primary N) is 1. The molecule has 0 bridgehead atoms. The Bertz CT molecular complexity index is 597. The zero-order chi connectivity index (χ0) is 14.4. The van der Waals surface area contributed by atoms with Gasteiger partial charge in [-0.2, -0.15) is 0 Å². The van der Waals surface area contributed by atoms with Crippen LogP contribution in [-0.4, -0.2) is 13.0 Å². The lowest BCUT2D eigenvalue weighted by Crippen LogP contribution is -2.19. The lowest BCUT2D eigenvalue weighted by Gasteiger charge is -2.11. The number of rotatable bonds is 6. The van der Waals surface area contributed by atoms with Crippen molar-refractivity contribution in [2.24, 2.45) is 5.73 Å². The summed E-state index contributed by atoms with van der Waals surface area (Å²) in [5.74, 6) is 0.447. The van der Waals surface area contributed by atoms with E-state index in [1.165, 1.54) is 0 Å². The number of carbonyl (C=O) groups is 1. The number of hydrogen-bond donors (Lipinski definition) is 2. The van der Waals surface area contributed by atoms with Crippen molar-refractivity contribution in [3.05, 3.63) is 65.2 Å². The van der Waals surface area contributed by atoms with Crippen LogP contribution in [0.4, 0.5) is 0 Å². The number of amides is 1. The molecule has 0 aliphatic heterocycles. The molecular formula is C16H18N2O2. The van der Waals surface area contributed by atoms with Gasteiger partial charge < -0.3 is 15.8 Å². The molecule has 4 nitrogen and oxygen atoms in total. The molecule has 0 saturated carbocycles. The van der Waals surface area contributed by atoms with Gasteiger partial charge in [0.25, 0.3) is 0 Å². The zero-order valence-electron chi connectivity index (χ0n) is 11.4. The van der Waals surface area contributed by atoms with Crippen molar-refractivity contribution >= 4 is 5.91 Å². The molecule has 0 fully saturated rings. The molecule has 0 aromatic heterocycles. The van der Waals surface area contributed by atoms with E-state index in [4.69, 9.17) is 10.5 Å². The first-order valence-electron chi connectivity index (χ1n) is 6.42. The van der Waals surface area contributed by atoms with Crippen LogP contribution in [0.3, 0.4) is 0 Å². The van der Waals surface area contributed by atoms with Gasteiger partial charge in [-0.3, -0.25) is 4.79 Å². The summed E-state index contributed by atoms with van der Waals surface area (Å²) in [4.78, 5) is 11.3. The third kappa shape index (κ3) is 3.36. The fourth-order valence-electron chi connectivity index (χ4n) is 2.10. The molecular weight excluding hydrogens is 252 g/mol. The monoisotopic (exact) mass is 270 g/mol. The molecule has 104 valence electrons. The van der Waals surface area contributed by atoms with Gasteiger partial charge in [-0.15, -0.1) is 0 Å². The SMILES string of the molecule is COc1ccccc1CNCc1ccccc1C(N)=O.